The van der Waals surface area contributed by atoms with Crippen molar-refractivity contribution < 1.29 is 9.84 Å². The number of rotatable bonds is 6. The maximum atomic E-state index is 9.83. The first-order chi connectivity index (χ1) is 8.50. The van der Waals surface area contributed by atoms with E-state index >= 15 is 0 Å². The number of aliphatic hydroxyl groups is 1. The van der Waals surface area contributed by atoms with Crippen molar-refractivity contribution >= 4 is 0 Å². The zero-order chi connectivity index (χ0) is 13.4. The van der Waals surface area contributed by atoms with Crippen LogP contribution in [0.1, 0.15) is 32.8 Å². The van der Waals surface area contributed by atoms with Gasteiger partial charge in [-0.1, -0.05) is 63.3 Å². The van der Waals surface area contributed by atoms with E-state index in [-0.39, 0.29) is 11.5 Å². The molecule has 100 valence electrons. The third-order valence-corrected chi connectivity index (χ3v) is 2.85. The van der Waals surface area contributed by atoms with E-state index in [4.69, 9.17) is 4.74 Å². The Morgan fingerprint density at radius 2 is 1.83 bits per heavy atom. The van der Waals surface area contributed by atoms with Crippen LogP contribution in [-0.2, 0) is 11.3 Å². The Kier molecular flexibility index (Phi) is 6.10. The van der Waals surface area contributed by atoms with Crippen molar-refractivity contribution in [3.05, 3.63) is 48.0 Å². The summed E-state index contributed by atoms with van der Waals surface area (Å²) in [6.07, 6.45) is 4.33. The van der Waals surface area contributed by atoms with E-state index in [1.54, 1.807) is 0 Å². The average Bonchev–Trinajstić information content (AvgIpc) is 2.33. The van der Waals surface area contributed by atoms with Crippen LogP contribution in [0.15, 0.2) is 42.5 Å². The lowest BCUT2D eigenvalue weighted by molar-refractivity contribution is 0.0656. The molecule has 1 aromatic carbocycles. The Balaban J connectivity index is 2.15. The summed E-state index contributed by atoms with van der Waals surface area (Å²) in [6.45, 7) is 7.34. The maximum absolute atomic E-state index is 9.83. The maximum Gasteiger partial charge on any atom is 0.0721 e. The van der Waals surface area contributed by atoms with Crippen molar-refractivity contribution in [2.24, 2.45) is 5.41 Å². The van der Waals surface area contributed by atoms with Gasteiger partial charge in [-0.25, -0.2) is 0 Å². The summed E-state index contributed by atoms with van der Waals surface area (Å²) in [5.74, 6) is 0. The van der Waals surface area contributed by atoms with Gasteiger partial charge in [0.2, 0.25) is 0 Å². The molecule has 0 saturated carbocycles. The highest BCUT2D eigenvalue weighted by molar-refractivity contribution is 5.13. The Morgan fingerprint density at radius 1 is 1.17 bits per heavy atom. The quantitative estimate of drug-likeness (QED) is 0.616. The van der Waals surface area contributed by atoms with E-state index in [1.165, 1.54) is 5.56 Å². The van der Waals surface area contributed by atoms with Gasteiger partial charge >= 0.3 is 0 Å². The molecule has 0 aliphatic rings. The first-order valence-electron chi connectivity index (χ1n) is 6.45. The molecular formula is C16H24O2. The molecule has 0 aliphatic carbocycles. The van der Waals surface area contributed by atoms with Crippen molar-refractivity contribution in [3.63, 3.8) is 0 Å². The molecule has 0 radical (unpaired) electrons. The van der Waals surface area contributed by atoms with E-state index < -0.39 is 0 Å². The second-order valence-corrected chi connectivity index (χ2v) is 5.59. The van der Waals surface area contributed by atoms with Gasteiger partial charge in [-0.3, -0.25) is 0 Å². The molecule has 0 fully saturated rings. The van der Waals surface area contributed by atoms with Gasteiger partial charge in [0, 0.05) is 0 Å². The highest BCUT2D eigenvalue weighted by Crippen LogP contribution is 2.21. The number of benzene rings is 1. The van der Waals surface area contributed by atoms with Crippen LogP contribution in [0.2, 0.25) is 0 Å². The number of hydrogen-bond acceptors (Lipinski definition) is 2. The van der Waals surface area contributed by atoms with Crippen molar-refractivity contribution in [1.29, 1.82) is 0 Å². The topological polar surface area (TPSA) is 29.5 Å². The minimum absolute atomic E-state index is 0.0603. The molecule has 0 bridgehead atoms. The lowest BCUT2D eigenvalue weighted by Gasteiger charge is -2.24. The van der Waals surface area contributed by atoms with E-state index in [1.807, 2.05) is 63.3 Å². The largest absolute Gasteiger partial charge is 0.392 e. The normalized spacial score (nSPS) is 14.0. The van der Waals surface area contributed by atoms with Crippen LogP contribution in [0.5, 0.6) is 0 Å². The molecule has 2 heteroatoms. The molecule has 18 heavy (non-hydrogen) atoms. The molecule has 0 aromatic heterocycles. The minimum Gasteiger partial charge on any atom is -0.392 e. The van der Waals surface area contributed by atoms with Gasteiger partial charge in [0.15, 0.2) is 0 Å². The second kappa shape index (κ2) is 7.34. The fourth-order valence-corrected chi connectivity index (χ4v) is 1.47. The molecule has 1 aromatic rings. The van der Waals surface area contributed by atoms with Crippen LogP contribution >= 0.6 is 0 Å². The lowest BCUT2D eigenvalue weighted by atomic mass is 9.87. The summed E-state index contributed by atoms with van der Waals surface area (Å²) in [5.41, 5.74) is 1.12. The van der Waals surface area contributed by atoms with Crippen molar-refractivity contribution in [3.8, 4) is 0 Å². The summed E-state index contributed by atoms with van der Waals surface area (Å²) in [5, 5.41) is 9.83. The lowest BCUT2D eigenvalue weighted by Crippen LogP contribution is -2.25. The standard InChI is InChI=1S/C16H24O2/c1-16(2,3)15(17)11-7-8-12-18-13-14-9-5-4-6-10-14/h4-10,15,17H,11-13H2,1-3H3/b8-7+/t15-/m1/s1. The van der Waals surface area contributed by atoms with E-state index in [0.717, 1.165) is 0 Å². The van der Waals surface area contributed by atoms with Crippen molar-refractivity contribution in [2.45, 2.75) is 39.9 Å². The zero-order valence-electron chi connectivity index (χ0n) is 11.6. The molecule has 0 spiro atoms. The molecule has 1 rings (SSSR count). The molecule has 0 unspecified atom stereocenters. The predicted octanol–water partition coefficient (Wildman–Crippen LogP) is 3.56. The first kappa shape index (κ1) is 14.9. The van der Waals surface area contributed by atoms with Crippen molar-refractivity contribution in [2.75, 3.05) is 6.61 Å². The summed E-state index contributed by atoms with van der Waals surface area (Å²) in [7, 11) is 0. The van der Waals surface area contributed by atoms with Gasteiger partial charge in [-0.2, -0.15) is 0 Å². The molecule has 0 heterocycles. The Hall–Kier alpha value is -1.12. The van der Waals surface area contributed by atoms with E-state index in [0.29, 0.717) is 19.6 Å². The third kappa shape index (κ3) is 5.99. The molecule has 0 aliphatic heterocycles. The van der Waals surface area contributed by atoms with Crippen LogP contribution < -0.4 is 0 Å². The highest BCUT2D eigenvalue weighted by atomic mass is 16.5. The number of hydrogen-bond donors (Lipinski definition) is 1. The molecule has 0 amide bonds. The van der Waals surface area contributed by atoms with Crippen LogP contribution in [0, 0.1) is 5.41 Å². The summed E-state index contributed by atoms with van der Waals surface area (Å²) < 4.78 is 5.52. The van der Waals surface area contributed by atoms with Gasteiger partial charge in [0.25, 0.3) is 0 Å². The Morgan fingerprint density at radius 3 is 2.44 bits per heavy atom. The fraction of sp³-hybridized carbons (Fsp3) is 0.500. The van der Waals surface area contributed by atoms with Crippen molar-refractivity contribution in [1.82, 2.24) is 0 Å². The number of ether oxygens (including phenoxy) is 1. The molecule has 1 N–H and O–H groups in total. The van der Waals surface area contributed by atoms with Crippen LogP contribution in [0.3, 0.4) is 0 Å². The summed E-state index contributed by atoms with van der Waals surface area (Å²) >= 11 is 0. The zero-order valence-corrected chi connectivity index (χ0v) is 11.6. The average molecular weight is 248 g/mol. The minimum atomic E-state index is -0.303. The molecule has 2 nitrogen and oxygen atoms in total. The van der Waals surface area contributed by atoms with Gasteiger partial charge in [-0.05, 0) is 17.4 Å². The Bertz CT molecular complexity index is 349. The van der Waals surface area contributed by atoms with Gasteiger partial charge < -0.3 is 9.84 Å². The van der Waals surface area contributed by atoms with Crippen LogP contribution in [-0.4, -0.2) is 17.8 Å². The number of aliphatic hydroxyl groups excluding tert-OH is 1. The first-order valence-corrected chi connectivity index (χ1v) is 6.45. The predicted molar refractivity (Wildman–Crippen MR) is 75.3 cm³/mol. The van der Waals surface area contributed by atoms with Gasteiger partial charge in [-0.15, -0.1) is 0 Å². The molecular weight excluding hydrogens is 224 g/mol. The second-order valence-electron chi connectivity index (χ2n) is 5.59. The van der Waals surface area contributed by atoms with Gasteiger partial charge in [0.05, 0.1) is 19.3 Å². The molecule has 0 saturated heterocycles. The smallest absolute Gasteiger partial charge is 0.0721 e. The SMILES string of the molecule is CC(C)(C)[C@H](O)C/C=C/COCc1ccccc1. The summed E-state index contributed by atoms with van der Waals surface area (Å²) in [4.78, 5) is 0. The van der Waals surface area contributed by atoms with Crippen LogP contribution in [0.4, 0.5) is 0 Å². The Labute approximate surface area is 110 Å². The van der Waals surface area contributed by atoms with Crippen LogP contribution in [0.25, 0.3) is 0 Å². The van der Waals surface area contributed by atoms with Gasteiger partial charge in [0.1, 0.15) is 0 Å². The van der Waals surface area contributed by atoms with E-state index in [9.17, 15) is 5.11 Å². The van der Waals surface area contributed by atoms with E-state index in [2.05, 4.69) is 0 Å². The third-order valence-electron chi connectivity index (χ3n) is 2.85. The monoisotopic (exact) mass is 248 g/mol. The highest BCUT2D eigenvalue weighted by Gasteiger charge is 2.20. The molecule has 1 atom stereocenters. The summed E-state index contributed by atoms with van der Waals surface area (Å²) in [6, 6.07) is 10.1. The fourth-order valence-electron chi connectivity index (χ4n) is 1.47.